The lowest BCUT2D eigenvalue weighted by Crippen LogP contribution is -1.99. The standard InChI is InChI=1S/C7H4ClF2NO2/c8-3-4-1-2-5(9)7(6(4)10)11(12)13/h1-2H,3H2. The summed E-state index contributed by atoms with van der Waals surface area (Å²) in [4.78, 5) is 9.08. The van der Waals surface area contributed by atoms with Crippen molar-refractivity contribution in [3.63, 3.8) is 0 Å². The van der Waals surface area contributed by atoms with Crippen LogP contribution in [0.15, 0.2) is 12.1 Å². The van der Waals surface area contributed by atoms with Gasteiger partial charge in [-0.2, -0.15) is 8.78 Å². The Bertz CT molecular complexity index is 357. The smallest absolute Gasteiger partial charge is 0.258 e. The maximum atomic E-state index is 13.0. The Labute approximate surface area is 77.1 Å². The lowest BCUT2D eigenvalue weighted by Gasteiger charge is -1.99. The minimum absolute atomic E-state index is 0.0882. The van der Waals surface area contributed by atoms with Crippen LogP contribution in [0.2, 0.25) is 0 Å². The molecule has 0 spiro atoms. The van der Waals surface area contributed by atoms with E-state index in [0.717, 1.165) is 12.1 Å². The van der Waals surface area contributed by atoms with Crippen molar-refractivity contribution in [2.45, 2.75) is 5.88 Å². The van der Waals surface area contributed by atoms with Gasteiger partial charge in [0.25, 0.3) is 0 Å². The zero-order valence-corrected chi connectivity index (χ0v) is 7.02. The van der Waals surface area contributed by atoms with Gasteiger partial charge in [0, 0.05) is 5.56 Å². The summed E-state index contributed by atoms with van der Waals surface area (Å²) in [5.74, 6) is -2.64. The number of benzene rings is 1. The molecule has 0 saturated heterocycles. The predicted octanol–water partition coefficient (Wildman–Crippen LogP) is 2.61. The van der Waals surface area contributed by atoms with Gasteiger partial charge < -0.3 is 0 Å². The number of nitro groups is 1. The Balaban J connectivity index is 3.38. The lowest BCUT2D eigenvalue weighted by atomic mass is 10.2. The molecule has 0 aliphatic carbocycles. The Morgan fingerprint density at radius 3 is 2.54 bits per heavy atom. The fraction of sp³-hybridized carbons (Fsp3) is 0.143. The van der Waals surface area contributed by atoms with Crippen LogP contribution in [0.4, 0.5) is 14.5 Å². The van der Waals surface area contributed by atoms with Crippen molar-refractivity contribution in [1.82, 2.24) is 0 Å². The molecule has 1 rings (SSSR count). The quantitative estimate of drug-likeness (QED) is 0.425. The fourth-order valence-corrected chi connectivity index (χ4v) is 1.06. The van der Waals surface area contributed by atoms with Crippen LogP contribution in [0.3, 0.4) is 0 Å². The molecule has 0 heterocycles. The Kier molecular flexibility index (Phi) is 2.77. The van der Waals surface area contributed by atoms with Crippen molar-refractivity contribution in [2.75, 3.05) is 0 Å². The van der Waals surface area contributed by atoms with Gasteiger partial charge in [-0.05, 0) is 6.07 Å². The summed E-state index contributed by atoms with van der Waals surface area (Å²) >= 11 is 5.28. The molecule has 1 aromatic rings. The van der Waals surface area contributed by atoms with E-state index in [0.29, 0.717) is 0 Å². The summed E-state index contributed by atoms with van der Waals surface area (Å²) in [6, 6.07) is 1.89. The molecule has 0 fully saturated rings. The van der Waals surface area contributed by atoms with Crippen LogP contribution in [-0.4, -0.2) is 4.92 Å². The Morgan fingerprint density at radius 2 is 2.08 bits per heavy atom. The molecule has 3 nitrogen and oxygen atoms in total. The molecule has 0 amide bonds. The van der Waals surface area contributed by atoms with Crippen LogP contribution in [0.1, 0.15) is 5.56 Å². The first-order chi connectivity index (χ1) is 6.07. The van der Waals surface area contributed by atoms with E-state index in [4.69, 9.17) is 11.6 Å². The van der Waals surface area contributed by atoms with Gasteiger partial charge >= 0.3 is 5.69 Å². The van der Waals surface area contributed by atoms with Crippen molar-refractivity contribution in [3.05, 3.63) is 39.4 Å². The molecule has 0 N–H and O–H groups in total. The maximum Gasteiger partial charge on any atom is 0.340 e. The summed E-state index contributed by atoms with van der Waals surface area (Å²) in [6.45, 7) is 0. The van der Waals surface area contributed by atoms with E-state index in [1.165, 1.54) is 0 Å². The first-order valence-electron chi connectivity index (χ1n) is 3.25. The maximum absolute atomic E-state index is 13.0. The van der Waals surface area contributed by atoms with Gasteiger partial charge in [-0.15, -0.1) is 11.6 Å². The predicted molar refractivity (Wildman–Crippen MR) is 42.6 cm³/mol. The first kappa shape index (κ1) is 9.85. The van der Waals surface area contributed by atoms with E-state index in [2.05, 4.69) is 0 Å². The molecule has 1 aromatic carbocycles. The SMILES string of the molecule is O=[N+]([O-])c1c(F)ccc(CCl)c1F. The summed E-state index contributed by atoms with van der Waals surface area (Å²) in [5, 5.41) is 10.2. The van der Waals surface area contributed by atoms with Gasteiger partial charge in [0.1, 0.15) is 0 Å². The number of halogens is 3. The third-order valence-electron chi connectivity index (χ3n) is 1.47. The second kappa shape index (κ2) is 3.66. The minimum Gasteiger partial charge on any atom is -0.258 e. The number of hydrogen-bond acceptors (Lipinski definition) is 2. The van der Waals surface area contributed by atoms with E-state index in [-0.39, 0.29) is 11.4 Å². The Hall–Kier alpha value is -1.23. The summed E-state index contributed by atoms with van der Waals surface area (Å²) in [6.07, 6.45) is 0. The highest BCUT2D eigenvalue weighted by Crippen LogP contribution is 2.24. The van der Waals surface area contributed by atoms with E-state index in [1.807, 2.05) is 0 Å². The second-order valence-corrected chi connectivity index (χ2v) is 2.53. The van der Waals surface area contributed by atoms with Crippen molar-refractivity contribution >= 4 is 17.3 Å². The molecular weight excluding hydrogens is 204 g/mol. The Morgan fingerprint density at radius 1 is 1.46 bits per heavy atom. The van der Waals surface area contributed by atoms with Gasteiger partial charge in [0.05, 0.1) is 10.8 Å². The van der Waals surface area contributed by atoms with E-state index >= 15 is 0 Å². The molecule has 0 saturated carbocycles. The molecule has 0 atom stereocenters. The molecule has 0 aromatic heterocycles. The molecule has 0 aliphatic heterocycles. The summed E-state index contributed by atoms with van der Waals surface area (Å²) < 4.78 is 25.7. The minimum atomic E-state index is -1.21. The highest BCUT2D eigenvalue weighted by atomic mass is 35.5. The number of hydrogen-bond donors (Lipinski definition) is 0. The normalized spacial score (nSPS) is 10.1. The number of alkyl halides is 1. The molecule has 0 aliphatic rings. The van der Waals surface area contributed by atoms with Crippen molar-refractivity contribution in [2.24, 2.45) is 0 Å². The van der Waals surface area contributed by atoms with Crippen LogP contribution in [-0.2, 0) is 5.88 Å². The highest BCUT2D eigenvalue weighted by molar-refractivity contribution is 6.17. The van der Waals surface area contributed by atoms with E-state index in [9.17, 15) is 18.9 Å². The average Bonchev–Trinajstić information content (AvgIpc) is 2.04. The van der Waals surface area contributed by atoms with Crippen LogP contribution in [0.5, 0.6) is 0 Å². The molecule has 6 heteroatoms. The van der Waals surface area contributed by atoms with Crippen LogP contribution < -0.4 is 0 Å². The largest absolute Gasteiger partial charge is 0.340 e. The van der Waals surface area contributed by atoms with Crippen molar-refractivity contribution in [3.8, 4) is 0 Å². The van der Waals surface area contributed by atoms with Crippen molar-refractivity contribution < 1.29 is 13.7 Å². The number of nitrogens with zero attached hydrogens (tertiary/aromatic N) is 1. The summed E-state index contributed by atoms with van der Waals surface area (Å²) in [5.41, 5.74) is -1.24. The van der Waals surface area contributed by atoms with Crippen LogP contribution in [0.25, 0.3) is 0 Å². The summed E-state index contributed by atoms with van der Waals surface area (Å²) in [7, 11) is 0. The highest BCUT2D eigenvalue weighted by Gasteiger charge is 2.23. The second-order valence-electron chi connectivity index (χ2n) is 2.26. The zero-order valence-electron chi connectivity index (χ0n) is 6.26. The molecular formula is C7H4ClF2NO2. The average molecular weight is 208 g/mol. The lowest BCUT2D eigenvalue weighted by molar-refractivity contribution is -0.390. The monoisotopic (exact) mass is 207 g/mol. The van der Waals surface area contributed by atoms with Gasteiger partial charge in [0.15, 0.2) is 0 Å². The third kappa shape index (κ3) is 1.75. The van der Waals surface area contributed by atoms with E-state index < -0.39 is 22.2 Å². The van der Waals surface area contributed by atoms with Gasteiger partial charge in [-0.25, -0.2) is 0 Å². The van der Waals surface area contributed by atoms with Crippen LogP contribution in [0, 0.1) is 21.7 Å². The van der Waals surface area contributed by atoms with Gasteiger partial charge in [0.2, 0.25) is 11.6 Å². The van der Waals surface area contributed by atoms with Gasteiger partial charge in [-0.3, -0.25) is 10.1 Å². The fourth-order valence-electron chi connectivity index (χ4n) is 0.853. The number of rotatable bonds is 2. The van der Waals surface area contributed by atoms with Crippen LogP contribution >= 0.6 is 11.6 Å². The van der Waals surface area contributed by atoms with E-state index in [1.54, 1.807) is 0 Å². The number of nitro benzene ring substituents is 1. The third-order valence-corrected chi connectivity index (χ3v) is 1.76. The molecule has 0 radical (unpaired) electrons. The van der Waals surface area contributed by atoms with Gasteiger partial charge in [-0.1, -0.05) is 6.07 Å². The molecule has 13 heavy (non-hydrogen) atoms. The zero-order chi connectivity index (χ0) is 10.0. The molecule has 0 bridgehead atoms. The van der Waals surface area contributed by atoms with Crippen molar-refractivity contribution in [1.29, 1.82) is 0 Å². The molecule has 70 valence electrons. The topological polar surface area (TPSA) is 43.1 Å². The first-order valence-corrected chi connectivity index (χ1v) is 3.78. The molecule has 0 unspecified atom stereocenters.